The van der Waals surface area contributed by atoms with Crippen molar-refractivity contribution in [2.24, 2.45) is 0 Å². The second kappa shape index (κ2) is 13.4. The van der Waals surface area contributed by atoms with Gasteiger partial charge in [0.15, 0.2) is 0 Å². The van der Waals surface area contributed by atoms with Crippen LogP contribution in [0.4, 0.5) is 17.1 Å². The van der Waals surface area contributed by atoms with E-state index < -0.39 is 5.41 Å². The second-order valence-electron chi connectivity index (χ2n) is 19.4. The predicted molar refractivity (Wildman–Crippen MR) is 245 cm³/mol. The number of nitrogens with zero attached hydrogens (tertiary/aromatic N) is 4. The third-order valence-electron chi connectivity index (χ3n) is 13.4. The van der Waals surface area contributed by atoms with Crippen LogP contribution >= 0.6 is 0 Å². The summed E-state index contributed by atoms with van der Waals surface area (Å²) in [5, 5.41) is 2.25. The van der Waals surface area contributed by atoms with E-state index in [0.29, 0.717) is 11.5 Å². The molecule has 0 N–H and O–H groups in total. The quantitative estimate of drug-likeness (QED) is 0.165. The maximum Gasteiger partial charge on any atom is 0.135 e. The van der Waals surface area contributed by atoms with Crippen LogP contribution in [0, 0.1) is 18.8 Å². The van der Waals surface area contributed by atoms with Crippen LogP contribution in [-0.2, 0) is 42.7 Å². The fourth-order valence-corrected chi connectivity index (χ4v) is 10.8. The van der Waals surface area contributed by atoms with Crippen LogP contribution in [0.25, 0.3) is 27.6 Å². The van der Waals surface area contributed by atoms with Gasteiger partial charge < -0.3 is 19.1 Å². The van der Waals surface area contributed by atoms with Gasteiger partial charge in [0, 0.05) is 66.5 Å². The first-order valence-electron chi connectivity index (χ1n) is 21.1. The molecule has 0 amide bonds. The molecule has 6 aromatic carbocycles. The van der Waals surface area contributed by atoms with Gasteiger partial charge in [-0.15, -0.1) is 35.2 Å². The molecule has 0 fully saturated rings. The predicted octanol–water partition coefficient (Wildman–Crippen LogP) is 13.2. The van der Waals surface area contributed by atoms with Gasteiger partial charge in [0.25, 0.3) is 0 Å². The summed E-state index contributed by atoms with van der Waals surface area (Å²) in [5.74, 6) is 2.09. The van der Waals surface area contributed by atoms with E-state index in [2.05, 4.69) is 193 Å². The molecule has 2 aromatic heterocycles. The van der Waals surface area contributed by atoms with Crippen LogP contribution in [0.2, 0.25) is 0 Å². The fraction of sp³-hybridized carbons (Fsp3) is 0.236. The van der Waals surface area contributed by atoms with Gasteiger partial charge in [-0.2, -0.15) is 18.8 Å². The Labute approximate surface area is 374 Å². The topological polar surface area (TPSA) is 33.5 Å². The van der Waals surface area contributed by atoms with Gasteiger partial charge in [0.05, 0.1) is 0 Å². The molecule has 0 atom stereocenters. The van der Waals surface area contributed by atoms with Gasteiger partial charge in [-0.25, -0.2) is 4.98 Å². The number of para-hydroxylation sites is 2. The first-order valence-corrected chi connectivity index (χ1v) is 21.1. The molecular weight excluding hydrogens is 928 g/mol. The van der Waals surface area contributed by atoms with E-state index in [1.54, 1.807) is 0 Å². The molecule has 2 aliphatic heterocycles. The zero-order valence-corrected chi connectivity index (χ0v) is 38.5. The van der Waals surface area contributed by atoms with Crippen molar-refractivity contribution < 1.29 is 25.8 Å². The number of ether oxygens (including phenoxy) is 1. The number of fused-ring (bicyclic) bond motifs is 11. The van der Waals surface area contributed by atoms with E-state index in [-0.39, 0.29) is 37.3 Å². The molecule has 11 rings (SSSR count). The minimum Gasteiger partial charge on any atom is -0.509 e. The van der Waals surface area contributed by atoms with Gasteiger partial charge >= 0.3 is 0 Å². The number of rotatable bonds is 3. The van der Waals surface area contributed by atoms with Crippen molar-refractivity contribution in [1.82, 2.24) is 9.55 Å². The molecule has 0 unspecified atom stereocenters. The van der Waals surface area contributed by atoms with Gasteiger partial charge in [0.1, 0.15) is 5.82 Å². The minimum absolute atomic E-state index is 0. The molecule has 0 saturated heterocycles. The molecule has 5 nitrogen and oxygen atoms in total. The van der Waals surface area contributed by atoms with Crippen LogP contribution in [0.3, 0.4) is 0 Å². The normalized spacial score (nSPS) is 15.6. The Bertz CT molecular complexity index is 3010. The Kier molecular flexibility index (Phi) is 8.69. The van der Waals surface area contributed by atoms with Crippen LogP contribution in [-0.4, -0.2) is 16.6 Å². The van der Waals surface area contributed by atoms with Crippen molar-refractivity contribution in [2.75, 3.05) is 16.8 Å². The third-order valence-corrected chi connectivity index (χ3v) is 13.4. The van der Waals surface area contributed by atoms with Gasteiger partial charge in [-0.3, -0.25) is 0 Å². The molecule has 4 heterocycles. The molecule has 0 radical (unpaired) electrons. The maximum absolute atomic E-state index is 6.87. The first-order chi connectivity index (χ1) is 28.7. The third kappa shape index (κ3) is 5.45. The number of aromatic nitrogens is 2. The average Bonchev–Trinajstić information content (AvgIpc) is 3.75. The summed E-state index contributed by atoms with van der Waals surface area (Å²) < 4.78 is 9.04. The summed E-state index contributed by atoms with van der Waals surface area (Å²) in [6.45, 7) is 21.3. The van der Waals surface area contributed by atoms with E-state index in [1.165, 1.54) is 55.9 Å². The Hall–Kier alpha value is -5.64. The Morgan fingerprint density at radius 2 is 1.25 bits per heavy atom. The molecule has 0 bridgehead atoms. The molecule has 1 spiro atoms. The molecule has 8 aromatic rings. The zero-order valence-electron chi connectivity index (χ0n) is 36.2. The molecule has 0 saturated carbocycles. The van der Waals surface area contributed by atoms with Crippen LogP contribution in [0.15, 0.2) is 128 Å². The summed E-state index contributed by atoms with van der Waals surface area (Å²) in [6, 6.07) is 51.7. The van der Waals surface area contributed by atoms with Crippen molar-refractivity contribution in [2.45, 2.75) is 77.0 Å². The van der Waals surface area contributed by atoms with Gasteiger partial charge in [-0.1, -0.05) is 139 Å². The summed E-state index contributed by atoms with van der Waals surface area (Å²) in [5.41, 5.74) is 14.9. The molecule has 1 aliphatic carbocycles. The number of benzene rings is 6. The Morgan fingerprint density at radius 1 is 0.623 bits per heavy atom. The molecule has 3 aliphatic rings. The standard InChI is InChI=1S/C55H49N4O.Pt/c1-52(2,3)39-18-14-20-41-49(39)55(50-40(53(4,5)6)19-15-21-42(50)54(41,7)8)38-29-27-35(32-47(38)58-33-57(9)45-24-16-22-43(55)51(45)58)60-34-26-28-37-36-17-10-11-23-44(36)59(46(37)31-34)48-25-12-13-30-56-48;/h10-30,33H,1-9H3;/q-3;. The van der Waals surface area contributed by atoms with Crippen LogP contribution in [0.1, 0.15) is 99.9 Å². The smallest absolute Gasteiger partial charge is 0.135 e. The van der Waals surface area contributed by atoms with Crippen molar-refractivity contribution in [3.05, 3.63) is 191 Å². The number of hydrogen-bond acceptors (Lipinski definition) is 4. The van der Waals surface area contributed by atoms with Gasteiger partial charge in [-0.05, 0) is 86.5 Å². The van der Waals surface area contributed by atoms with Crippen molar-refractivity contribution in [1.29, 1.82) is 0 Å². The van der Waals surface area contributed by atoms with Crippen LogP contribution in [0.5, 0.6) is 11.5 Å². The summed E-state index contributed by atoms with van der Waals surface area (Å²) in [6.07, 6.45) is 1.83. The van der Waals surface area contributed by atoms with Crippen molar-refractivity contribution in [3.63, 3.8) is 0 Å². The second-order valence-corrected chi connectivity index (χ2v) is 19.4. The Balaban J connectivity index is 0.00000445. The zero-order chi connectivity index (χ0) is 41.5. The van der Waals surface area contributed by atoms with Crippen molar-refractivity contribution >= 4 is 38.9 Å². The van der Waals surface area contributed by atoms with E-state index in [9.17, 15) is 0 Å². The fourth-order valence-electron chi connectivity index (χ4n) is 10.8. The number of pyridine rings is 1. The van der Waals surface area contributed by atoms with E-state index in [1.807, 2.05) is 30.5 Å². The first kappa shape index (κ1) is 39.5. The molecular formula is C55H49N4OPt-3. The maximum atomic E-state index is 6.87. The van der Waals surface area contributed by atoms with E-state index in [0.717, 1.165) is 33.3 Å². The molecule has 6 heteroatoms. The summed E-state index contributed by atoms with van der Waals surface area (Å²) in [7, 11) is 2.15. The van der Waals surface area contributed by atoms with Crippen LogP contribution < -0.4 is 14.5 Å². The largest absolute Gasteiger partial charge is 0.509 e. The Morgan fingerprint density at radius 3 is 1.92 bits per heavy atom. The average molecular weight is 977 g/mol. The van der Waals surface area contributed by atoms with Crippen molar-refractivity contribution in [3.8, 4) is 17.3 Å². The molecule has 308 valence electrons. The van der Waals surface area contributed by atoms with E-state index >= 15 is 0 Å². The summed E-state index contributed by atoms with van der Waals surface area (Å²) in [4.78, 5) is 9.34. The van der Waals surface area contributed by atoms with Gasteiger partial charge in [0.2, 0.25) is 0 Å². The summed E-state index contributed by atoms with van der Waals surface area (Å²) >= 11 is 0. The number of anilines is 3. The van der Waals surface area contributed by atoms with E-state index in [4.69, 9.17) is 9.72 Å². The minimum atomic E-state index is -0.659. The number of hydrogen-bond donors (Lipinski definition) is 0. The SMILES string of the molecule is CN1[CH-]N2c3[c-]c(Oc4[c-]c5c(cc4)c4ccccc4n5-c4ccccn4)ccc3C3(c4cccc1c42)c1c(C(C)(C)C)cccc1C(C)(C)c1cccc(C(C)(C)C)c13.[Pt]. The monoisotopic (exact) mass is 976 g/mol. The molecule has 61 heavy (non-hydrogen) atoms.